The summed E-state index contributed by atoms with van der Waals surface area (Å²) in [6.07, 6.45) is 0. The Bertz CT molecular complexity index is 1390. The lowest BCUT2D eigenvalue weighted by Gasteiger charge is -2.09. The van der Waals surface area contributed by atoms with Gasteiger partial charge in [0, 0.05) is 10.7 Å². The van der Waals surface area contributed by atoms with Crippen molar-refractivity contribution in [1.29, 1.82) is 0 Å². The normalized spacial score (nSPS) is 11.1. The Balaban J connectivity index is 1.73. The van der Waals surface area contributed by atoms with Gasteiger partial charge in [-0.15, -0.1) is 0 Å². The third-order valence-corrected chi connectivity index (χ3v) is 5.40. The average Bonchev–Trinajstić information content (AvgIpc) is 3.04. The van der Waals surface area contributed by atoms with Crippen molar-refractivity contribution in [1.82, 2.24) is 19.6 Å². The van der Waals surface area contributed by atoms with E-state index in [2.05, 4.69) is 21.6 Å². The minimum absolute atomic E-state index is 0.225. The second-order valence-electron chi connectivity index (χ2n) is 7.62. The lowest BCUT2D eigenvalue weighted by Crippen LogP contribution is -2.30. The van der Waals surface area contributed by atoms with E-state index in [9.17, 15) is 9.59 Å². The summed E-state index contributed by atoms with van der Waals surface area (Å²) in [7, 11) is 0. The standard InChI is InChI=1S/C23H22ClN5O2/c1-13-8-9-19(14(2)10-13)29-16(4)21-15(3)26-28(23(31)22(21)27-29)12-20(30)25-18-7-5-6-17(24)11-18/h5-11H,12H2,1-4H3,(H,25,30). The van der Waals surface area contributed by atoms with E-state index in [1.165, 1.54) is 0 Å². The fourth-order valence-electron chi connectivity index (χ4n) is 3.77. The molecule has 0 radical (unpaired) electrons. The highest BCUT2D eigenvalue weighted by molar-refractivity contribution is 6.30. The first-order valence-electron chi connectivity index (χ1n) is 9.84. The van der Waals surface area contributed by atoms with Gasteiger partial charge in [-0.05, 0) is 57.5 Å². The molecule has 0 spiro atoms. The lowest BCUT2D eigenvalue weighted by atomic mass is 10.1. The summed E-state index contributed by atoms with van der Waals surface area (Å²) in [4.78, 5) is 25.6. The topological polar surface area (TPSA) is 81.8 Å². The number of nitrogens with one attached hydrogen (secondary N) is 1. The number of carbonyl (C=O) groups is 1. The Morgan fingerprint density at radius 1 is 1.06 bits per heavy atom. The van der Waals surface area contributed by atoms with Gasteiger partial charge in [0.25, 0.3) is 5.56 Å². The zero-order valence-corrected chi connectivity index (χ0v) is 18.5. The van der Waals surface area contributed by atoms with Crippen molar-refractivity contribution in [3.63, 3.8) is 0 Å². The molecule has 31 heavy (non-hydrogen) atoms. The Morgan fingerprint density at radius 3 is 2.55 bits per heavy atom. The van der Waals surface area contributed by atoms with Gasteiger partial charge in [-0.2, -0.15) is 10.2 Å². The van der Waals surface area contributed by atoms with Crippen molar-refractivity contribution in [3.8, 4) is 5.69 Å². The van der Waals surface area contributed by atoms with Crippen molar-refractivity contribution in [2.45, 2.75) is 34.2 Å². The van der Waals surface area contributed by atoms with Crippen LogP contribution < -0.4 is 10.9 Å². The maximum absolute atomic E-state index is 13.1. The molecule has 1 amide bonds. The first kappa shape index (κ1) is 20.8. The Hall–Kier alpha value is -3.45. The van der Waals surface area contributed by atoms with E-state index in [-0.39, 0.29) is 12.5 Å². The monoisotopic (exact) mass is 435 g/mol. The minimum atomic E-state index is -0.409. The van der Waals surface area contributed by atoms with Crippen LogP contribution in [0.1, 0.15) is 22.5 Å². The minimum Gasteiger partial charge on any atom is -0.324 e. The summed E-state index contributed by atoms with van der Waals surface area (Å²) in [5.41, 5.74) is 5.03. The van der Waals surface area contributed by atoms with Crippen LogP contribution in [-0.4, -0.2) is 25.5 Å². The highest BCUT2D eigenvalue weighted by Crippen LogP contribution is 2.23. The number of nitrogens with zero attached hydrogens (tertiary/aromatic N) is 4. The molecule has 2 heterocycles. The van der Waals surface area contributed by atoms with Gasteiger partial charge in [0.1, 0.15) is 6.54 Å². The molecule has 0 saturated heterocycles. The second kappa shape index (κ2) is 8.00. The molecule has 0 atom stereocenters. The van der Waals surface area contributed by atoms with Crippen LogP contribution in [0, 0.1) is 27.7 Å². The highest BCUT2D eigenvalue weighted by Gasteiger charge is 2.19. The molecule has 7 nitrogen and oxygen atoms in total. The molecule has 2 aromatic carbocycles. The SMILES string of the molecule is Cc1ccc(-n2nc3c(=O)n(CC(=O)Nc4cccc(Cl)c4)nc(C)c3c2C)c(C)c1. The number of halogens is 1. The number of amides is 1. The fourth-order valence-corrected chi connectivity index (χ4v) is 3.96. The number of hydrogen-bond acceptors (Lipinski definition) is 4. The summed E-state index contributed by atoms with van der Waals surface area (Å²) in [5, 5.41) is 12.9. The van der Waals surface area contributed by atoms with Gasteiger partial charge in [-0.25, -0.2) is 9.36 Å². The van der Waals surface area contributed by atoms with Crippen LogP contribution in [0.15, 0.2) is 47.3 Å². The Labute approximate surface area is 184 Å². The zero-order chi connectivity index (χ0) is 22.3. The number of fused-ring (bicyclic) bond motifs is 1. The number of benzene rings is 2. The summed E-state index contributed by atoms with van der Waals surface area (Å²) in [6.45, 7) is 7.55. The van der Waals surface area contributed by atoms with E-state index in [1.54, 1.807) is 28.9 Å². The first-order chi connectivity index (χ1) is 14.7. The molecule has 1 N–H and O–H groups in total. The molecule has 4 aromatic rings. The van der Waals surface area contributed by atoms with E-state index < -0.39 is 5.56 Å². The molecule has 0 saturated carbocycles. The molecular formula is C23H22ClN5O2. The van der Waals surface area contributed by atoms with Gasteiger partial charge in [-0.3, -0.25) is 9.59 Å². The number of anilines is 1. The molecule has 0 bridgehead atoms. The average molecular weight is 436 g/mol. The predicted molar refractivity (Wildman–Crippen MR) is 122 cm³/mol. The maximum Gasteiger partial charge on any atom is 0.295 e. The van der Waals surface area contributed by atoms with E-state index in [4.69, 9.17) is 11.6 Å². The van der Waals surface area contributed by atoms with Gasteiger partial charge < -0.3 is 5.32 Å². The van der Waals surface area contributed by atoms with Crippen molar-refractivity contribution >= 4 is 34.1 Å². The molecule has 0 aliphatic heterocycles. The first-order valence-corrected chi connectivity index (χ1v) is 10.2. The van der Waals surface area contributed by atoms with E-state index in [0.717, 1.165) is 27.2 Å². The number of aromatic nitrogens is 4. The largest absolute Gasteiger partial charge is 0.324 e. The number of rotatable bonds is 4. The van der Waals surface area contributed by atoms with Crippen molar-refractivity contribution in [3.05, 3.63) is 80.4 Å². The van der Waals surface area contributed by atoms with E-state index in [0.29, 0.717) is 27.3 Å². The molecule has 0 aliphatic rings. The molecule has 0 unspecified atom stereocenters. The summed E-state index contributed by atoms with van der Waals surface area (Å²) >= 11 is 5.96. The van der Waals surface area contributed by atoms with Crippen LogP contribution in [0.25, 0.3) is 16.6 Å². The van der Waals surface area contributed by atoms with Gasteiger partial charge in [-0.1, -0.05) is 35.4 Å². The van der Waals surface area contributed by atoms with Crippen molar-refractivity contribution < 1.29 is 4.79 Å². The smallest absolute Gasteiger partial charge is 0.295 e. The maximum atomic E-state index is 13.1. The molecular weight excluding hydrogens is 414 g/mol. The second-order valence-corrected chi connectivity index (χ2v) is 8.05. The van der Waals surface area contributed by atoms with Gasteiger partial charge in [0.05, 0.1) is 22.5 Å². The third kappa shape index (κ3) is 3.96. The Morgan fingerprint density at radius 2 is 1.84 bits per heavy atom. The summed E-state index contributed by atoms with van der Waals surface area (Å²) in [6, 6.07) is 12.9. The fraction of sp³-hybridized carbons (Fsp3) is 0.217. The number of carbonyl (C=O) groups excluding carboxylic acids is 1. The lowest BCUT2D eigenvalue weighted by molar-refractivity contribution is -0.117. The number of hydrogen-bond donors (Lipinski definition) is 1. The van der Waals surface area contributed by atoms with Crippen LogP contribution in [0.3, 0.4) is 0 Å². The molecule has 0 aliphatic carbocycles. The van der Waals surface area contributed by atoms with E-state index >= 15 is 0 Å². The van der Waals surface area contributed by atoms with Gasteiger partial charge in [0.2, 0.25) is 5.91 Å². The van der Waals surface area contributed by atoms with Crippen molar-refractivity contribution in [2.24, 2.45) is 0 Å². The van der Waals surface area contributed by atoms with E-state index in [1.807, 2.05) is 39.8 Å². The van der Waals surface area contributed by atoms with Crippen LogP contribution in [0.2, 0.25) is 5.02 Å². The molecule has 4 rings (SSSR count). The third-order valence-electron chi connectivity index (χ3n) is 5.17. The van der Waals surface area contributed by atoms with Crippen LogP contribution in [0.5, 0.6) is 0 Å². The highest BCUT2D eigenvalue weighted by atomic mass is 35.5. The molecule has 2 aromatic heterocycles. The van der Waals surface area contributed by atoms with Crippen molar-refractivity contribution in [2.75, 3.05) is 5.32 Å². The molecule has 0 fully saturated rings. The molecule has 8 heteroatoms. The summed E-state index contributed by atoms with van der Waals surface area (Å²) < 4.78 is 2.92. The zero-order valence-electron chi connectivity index (χ0n) is 17.7. The van der Waals surface area contributed by atoms with Crippen LogP contribution >= 0.6 is 11.6 Å². The summed E-state index contributed by atoms with van der Waals surface area (Å²) in [5.74, 6) is -0.374. The predicted octanol–water partition coefficient (Wildman–Crippen LogP) is 4.11. The number of aryl methyl sites for hydroxylation is 4. The van der Waals surface area contributed by atoms with Crippen LogP contribution in [-0.2, 0) is 11.3 Å². The molecule has 158 valence electrons. The van der Waals surface area contributed by atoms with Gasteiger partial charge >= 0.3 is 0 Å². The van der Waals surface area contributed by atoms with Gasteiger partial charge in [0.15, 0.2) is 5.52 Å². The van der Waals surface area contributed by atoms with Crippen LogP contribution in [0.4, 0.5) is 5.69 Å². The quantitative estimate of drug-likeness (QED) is 0.523. The Kier molecular flexibility index (Phi) is 5.37.